The number of carbonyl (C=O) groups excluding carboxylic acids is 1. The van der Waals surface area contributed by atoms with E-state index in [1.54, 1.807) is 0 Å². The van der Waals surface area contributed by atoms with Gasteiger partial charge in [0.15, 0.2) is 25.2 Å². The fourth-order valence-corrected chi connectivity index (χ4v) is 16.7. The Morgan fingerprint density at radius 2 is 1.29 bits per heavy atom. The minimum Gasteiger partial charge on any atom is -0.461 e. The van der Waals surface area contributed by atoms with Gasteiger partial charge in [-0.1, -0.05) is 53.2 Å². The largest absolute Gasteiger partial charge is 0.461 e. The molecule has 5 saturated heterocycles. The summed E-state index contributed by atoms with van der Waals surface area (Å²) in [6, 6.07) is 0. The summed E-state index contributed by atoms with van der Waals surface area (Å²) in [5, 5.41) is 142. The first kappa shape index (κ1) is 57.6. The van der Waals surface area contributed by atoms with E-state index in [0.29, 0.717) is 32.1 Å². The molecular weight excluding hydrogens is 1000 g/mol. The maximum absolute atomic E-state index is 13.9. The highest BCUT2D eigenvalue weighted by molar-refractivity contribution is 5.82. The summed E-state index contributed by atoms with van der Waals surface area (Å²) in [6.07, 6.45) is -25.7. The van der Waals surface area contributed by atoms with E-state index in [-0.39, 0.29) is 41.2 Å². The van der Waals surface area contributed by atoms with E-state index in [4.69, 9.17) is 42.6 Å². The normalized spacial score (nSPS) is 56.8. The number of rotatable bonds is 11. The molecular formula is C53H84O23. The van der Waals surface area contributed by atoms with E-state index < -0.39 is 177 Å². The standard InChI is InChI=1S/C53H84O23/c1-21-32(58)37(63)41(75-43-39(65)33(59)24(56)18-68-43)45(70-21)69-19-26-35(61)38(64)42(76-44-40(66)36(62)34(60)25(17-54)71-44)46(72-26)73-30-11-12-50(5)27(48(30,2)3)10-13-51(6)28(50)9-8-22-23-14-49(4,20-55)31-16-53(23,47(67)74-31)29(57)15-52(22,51)7/h8,21,23-46,54-66H,9-20H2,1-7H3/t21-,23+,24-,25-,26-,27+,28-,29-,30+,31+,32+,33+,34-,35-,36+,37+,38+,39-,40-,41-,42-,43+,44+,45-,46+,49+,50+,51-,52-,53-/m1/s1. The van der Waals surface area contributed by atoms with Crippen LogP contribution in [0.2, 0.25) is 0 Å². The van der Waals surface area contributed by atoms with Crippen molar-refractivity contribution in [3.05, 3.63) is 11.6 Å². The number of aliphatic hydroxyl groups excluding tert-OH is 13. The predicted molar refractivity (Wildman–Crippen MR) is 256 cm³/mol. The monoisotopic (exact) mass is 1090 g/mol. The second-order valence-corrected chi connectivity index (χ2v) is 25.9. The Balaban J connectivity index is 0.909. The topological polar surface area (TPSA) is 363 Å². The summed E-state index contributed by atoms with van der Waals surface area (Å²) in [5.74, 6) is -0.477. The highest BCUT2D eigenvalue weighted by atomic mass is 16.8. The number of ether oxygens (including phenoxy) is 9. The molecule has 2 bridgehead atoms. The number of hydrogen-bond acceptors (Lipinski definition) is 23. The van der Waals surface area contributed by atoms with Crippen LogP contribution in [0.25, 0.3) is 0 Å². The number of carbonyl (C=O) groups is 1. The van der Waals surface area contributed by atoms with E-state index in [1.807, 2.05) is 6.92 Å². The van der Waals surface area contributed by atoms with Crippen LogP contribution in [-0.4, -0.2) is 234 Å². The Kier molecular flexibility index (Phi) is 15.4. The molecule has 0 unspecified atom stereocenters. The van der Waals surface area contributed by atoms with Crippen LogP contribution in [0.1, 0.15) is 99.8 Å². The van der Waals surface area contributed by atoms with E-state index in [0.717, 1.165) is 19.3 Å². The van der Waals surface area contributed by atoms with Gasteiger partial charge in [0.25, 0.3) is 0 Å². The first-order chi connectivity index (χ1) is 35.6. The van der Waals surface area contributed by atoms with Gasteiger partial charge in [-0.15, -0.1) is 0 Å². The Bertz CT molecular complexity index is 2150. The summed E-state index contributed by atoms with van der Waals surface area (Å²) < 4.78 is 54.5. The smallest absolute Gasteiger partial charge is 0.315 e. The molecule has 23 heteroatoms. The van der Waals surface area contributed by atoms with Crippen molar-refractivity contribution in [2.45, 2.75) is 235 Å². The Morgan fingerprint density at radius 3 is 1.99 bits per heavy atom. The van der Waals surface area contributed by atoms with Crippen molar-refractivity contribution in [2.75, 3.05) is 26.4 Å². The van der Waals surface area contributed by atoms with E-state index in [2.05, 4.69) is 40.7 Å². The maximum Gasteiger partial charge on any atom is 0.315 e. The number of fused-ring (bicyclic) bond motifs is 7. The lowest BCUT2D eigenvalue weighted by molar-refractivity contribution is -0.385. The molecule has 10 aliphatic rings. The zero-order valence-electron chi connectivity index (χ0n) is 44.4. The Labute approximate surface area is 441 Å². The third-order valence-electron chi connectivity index (χ3n) is 21.7. The highest BCUT2D eigenvalue weighted by Gasteiger charge is 2.75. The molecule has 76 heavy (non-hydrogen) atoms. The minimum atomic E-state index is -1.89. The molecule has 10 rings (SSSR count). The van der Waals surface area contributed by atoms with Crippen molar-refractivity contribution in [1.29, 1.82) is 0 Å². The summed E-state index contributed by atoms with van der Waals surface area (Å²) in [4.78, 5) is 13.9. The predicted octanol–water partition coefficient (Wildman–Crippen LogP) is -2.41. The lowest BCUT2D eigenvalue weighted by Gasteiger charge is -2.71. The van der Waals surface area contributed by atoms with Crippen LogP contribution in [0.4, 0.5) is 0 Å². The summed E-state index contributed by atoms with van der Waals surface area (Å²) in [6.45, 7) is 12.7. The van der Waals surface area contributed by atoms with Gasteiger partial charge < -0.3 is 109 Å². The molecule has 0 amide bonds. The van der Waals surface area contributed by atoms with Gasteiger partial charge in [-0.2, -0.15) is 0 Å². The van der Waals surface area contributed by atoms with Crippen molar-refractivity contribution >= 4 is 5.97 Å². The van der Waals surface area contributed by atoms with Gasteiger partial charge >= 0.3 is 5.97 Å². The summed E-state index contributed by atoms with van der Waals surface area (Å²) >= 11 is 0. The van der Waals surface area contributed by atoms with Gasteiger partial charge in [-0.25, -0.2) is 0 Å². The molecule has 0 aromatic heterocycles. The third kappa shape index (κ3) is 8.66. The number of esters is 1. The van der Waals surface area contributed by atoms with Crippen LogP contribution in [0, 0.1) is 50.2 Å². The van der Waals surface area contributed by atoms with Crippen LogP contribution < -0.4 is 0 Å². The molecule has 5 heterocycles. The summed E-state index contributed by atoms with van der Waals surface area (Å²) in [7, 11) is 0. The SMILES string of the molecule is C[C@H]1O[C@@H](OC[C@H]2O[C@@H](O[C@H]3CC[C@]4(C)[C@H]5CC=C6[C@@H]7C[C@@](C)(CO)[C@@H]8C[C@]7(C(=O)O8)[C@H](O)C[C@@]6(C)[C@]5(C)CC[C@H]4C3(C)C)[C@H](O[C@@H]3O[C@H](CO)[C@@H](O)[C@H](O)[C@H]3O)[C@@H](O)[C@@H]2O)[C@H](O[C@@H]2OC[C@@H](O)[C@H](O)[C@H]2O)[C@@H](O)[C@H]1O. The van der Waals surface area contributed by atoms with E-state index >= 15 is 0 Å². The molecule has 30 atom stereocenters. The van der Waals surface area contributed by atoms with Crippen LogP contribution >= 0.6 is 0 Å². The molecule has 0 aromatic carbocycles. The molecule has 0 aromatic rings. The number of aliphatic hydroxyl groups is 13. The Hall–Kier alpha value is -1.63. The van der Waals surface area contributed by atoms with Crippen molar-refractivity contribution < 1.29 is 114 Å². The Morgan fingerprint density at radius 1 is 0.645 bits per heavy atom. The molecule has 13 N–H and O–H groups in total. The van der Waals surface area contributed by atoms with Crippen molar-refractivity contribution in [2.24, 2.45) is 50.2 Å². The van der Waals surface area contributed by atoms with Crippen LogP contribution in [0.5, 0.6) is 0 Å². The molecule has 434 valence electrons. The van der Waals surface area contributed by atoms with E-state index in [1.165, 1.54) is 12.5 Å². The molecule has 5 aliphatic carbocycles. The van der Waals surface area contributed by atoms with E-state index in [9.17, 15) is 71.2 Å². The zero-order valence-corrected chi connectivity index (χ0v) is 44.4. The second kappa shape index (κ2) is 20.4. The van der Waals surface area contributed by atoms with Gasteiger partial charge in [0.2, 0.25) is 0 Å². The first-order valence-electron chi connectivity index (χ1n) is 27.4. The van der Waals surface area contributed by atoms with Gasteiger partial charge in [-0.3, -0.25) is 4.79 Å². The minimum absolute atomic E-state index is 0.0383. The molecule has 23 nitrogen and oxygen atoms in total. The number of allylic oxidation sites excluding steroid dienone is 2. The first-order valence-corrected chi connectivity index (χ1v) is 27.4. The lowest BCUT2D eigenvalue weighted by Crippen LogP contribution is -2.68. The van der Waals surface area contributed by atoms with Gasteiger partial charge in [0.1, 0.15) is 97.0 Å². The van der Waals surface area contributed by atoms with Crippen LogP contribution in [0.3, 0.4) is 0 Å². The highest BCUT2D eigenvalue weighted by Crippen LogP contribution is 2.77. The van der Waals surface area contributed by atoms with Crippen LogP contribution in [0.15, 0.2) is 11.6 Å². The fourth-order valence-electron chi connectivity index (χ4n) is 16.7. The van der Waals surface area contributed by atoms with Crippen LogP contribution in [-0.2, 0) is 47.4 Å². The maximum atomic E-state index is 13.9. The zero-order chi connectivity index (χ0) is 55.1. The molecule has 0 radical (unpaired) electrons. The number of hydrogen-bond donors (Lipinski definition) is 13. The third-order valence-corrected chi connectivity index (χ3v) is 21.7. The van der Waals surface area contributed by atoms with Gasteiger partial charge in [0, 0.05) is 11.8 Å². The van der Waals surface area contributed by atoms with Gasteiger partial charge in [0.05, 0.1) is 44.7 Å². The quantitative estimate of drug-likeness (QED) is 0.0582. The molecule has 4 saturated carbocycles. The fraction of sp³-hybridized carbons (Fsp3) is 0.943. The van der Waals surface area contributed by atoms with Crippen molar-refractivity contribution in [3.8, 4) is 0 Å². The molecule has 5 aliphatic heterocycles. The lowest BCUT2D eigenvalue weighted by atomic mass is 9.33. The molecule has 9 fully saturated rings. The van der Waals surface area contributed by atoms with Gasteiger partial charge in [-0.05, 0) is 91.3 Å². The second-order valence-electron chi connectivity index (χ2n) is 25.9. The summed E-state index contributed by atoms with van der Waals surface area (Å²) in [5.41, 5.74) is -2.19. The van der Waals surface area contributed by atoms with Crippen molar-refractivity contribution in [3.63, 3.8) is 0 Å². The van der Waals surface area contributed by atoms with Crippen molar-refractivity contribution in [1.82, 2.24) is 0 Å². The average molecular weight is 1090 g/mol. The average Bonchev–Trinajstić information content (AvgIpc) is 3.72. The molecule has 1 spiro atoms.